The van der Waals surface area contributed by atoms with Gasteiger partial charge in [-0.25, -0.2) is 0 Å². The van der Waals surface area contributed by atoms with Crippen LogP contribution in [-0.2, 0) is 9.53 Å². The first kappa shape index (κ1) is 18.0. The van der Waals surface area contributed by atoms with Crippen LogP contribution in [-0.4, -0.2) is 36.6 Å². The first-order valence-electron chi connectivity index (χ1n) is 8.54. The Balaban J connectivity index is 1.64. The minimum absolute atomic E-state index is 0.101. The third-order valence-electron chi connectivity index (χ3n) is 4.65. The van der Waals surface area contributed by atoms with Gasteiger partial charge in [0.05, 0.1) is 17.3 Å². The number of amides is 2. The van der Waals surface area contributed by atoms with Crippen LogP contribution in [0.25, 0.3) is 0 Å². The van der Waals surface area contributed by atoms with Gasteiger partial charge in [0, 0.05) is 37.2 Å². The van der Waals surface area contributed by atoms with E-state index in [1.54, 1.807) is 48.8 Å². The summed E-state index contributed by atoms with van der Waals surface area (Å²) in [6.07, 6.45) is 4.44. The van der Waals surface area contributed by atoms with Crippen LogP contribution in [0.1, 0.15) is 23.2 Å². The maximum Gasteiger partial charge on any atom is 0.255 e. The highest BCUT2D eigenvalue weighted by Gasteiger charge is 2.38. The number of pyridine rings is 1. The van der Waals surface area contributed by atoms with Crippen molar-refractivity contribution in [1.29, 1.82) is 0 Å². The van der Waals surface area contributed by atoms with Crippen molar-refractivity contribution in [2.75, 3.05) is 30.4 Å². The zero-order chi connectivity index (χ0) is 18.4. The Morgan fingerprint density at radius 2 is 1.81 bits per heavy atom. The highest BCUT2D eigenvalue weighted by molar-refractivity contribution is 6.04. The van der Waals surface area contributed by atoms with E-state index < -0.39 is 5.41 Å². The summed E-state index contributed by atoms with van der Waals surface area (Å²) < 4.78 is 5.33. The molecule has 1 aliphatic rings. The van der Waals surface area contributed by atoms with E-state index in [1.165, 1.54) is 0 Å². The van der Waals surface area contributed by atoms with Gasteiger partial charge < -0.3 is 21.1 Å². The van der Waals surface area contributed by atoms with Gasteiger partial charge in [0.15, 0.2) is 0 Å². The van der Waals surface area contributed by atoms with Gasteiger partial charge in [0.2, 0.25) is 5.91 Å². The zero-order valence-corrected chi connectivity index (χ0v) is 14.4. The Kier molecular flexibility index (Phi) is 5.60. The van der Waals surface area contributed by atoms with Crippen molar-refractivity contribution in [3.05, 3.63) is 54.4 Å². The molecule has 1 aromatic carbocycles. The van der Waals surface area contributed by atoms with Crippen molar-refractivity contribution in [1.82, 2.24) is 4.98 Å². The van der Waals surface area contributed by atoms with Gasteiger partial charge in [0.1, 0.15) is 0 Å². The molecular formula is C19H22N4O3. The fourth-order valence-corrected chi connectivity index (χ4v) is 2.89. The van der Waals surface area contributed by atoms with Crippen LogP contribution >= 0.6 is 0 Å². The van der Waals surface area contributed by atoms with Gasteiger partial charge in [-0.15, -0.1) is 0 Å². The number of carbonyl (C=O) groups is 2. The molecule has 1 aromatic heterocycles. The number of nitrogens with zero attached hydrogens (tertiary/aromatic N) is 1. The van der Waals surface area contributed by atoms with E-state index in [9.17, 15) is 9.59 Å². The summed E-state index contributed by atoms with van der Waals surface area (Å²) in [5, 5.41) is 5.67. The molecule has 3 rings (SSSR count). The van der Waals surface area contributed by atoms with Crippen LogP contribution < -0.4 is 16.4 Å². The lowest BCUT2D eigenvalue weighted by molar-refractivity contribution is -0.130. The third-order valence-corrected chi connectivity index (χ3v) is 4.65. The molecule has 136 valence electrons. The first-order valence-corrected chi connectivity index (χ1v) is 8.54. The predicted molar refractivity (Wildman–Crippen MR) is 98.8 cm³/mol. The predicted octanol–water partition coefficient (Wildman–Crippen LogP) is 2.03. The number of benzene rings is 1. The monoisotopic (exact) mass is 354 g/mol. The van der Waals surface area contributed by atoms with Crippen molar-refractivity contribution < 1.29 is 14.3 Å². The summed E-state index contributed by atoms with van der Waals surface area (Å²) in [6, 6.07) is 10.3. The van der Waals surface area contributed by atoms with Crippen molar-refractivity contribution >= 4 is 23.2 Å². The van der Waals surface area contributed by atoms with E-state index in [-0.39, 0.29) is 18.4 Å². The Hall–Kier alpha value is -2.77. The smallest absolute Gasteiger partial charge is 0.255 e. The number of hydrogen-bond donors (Lipinski definition) is 3. The van der Waals surface area contributed by atoms with Crippen LogP contribution in [0.5, 0.6) is 0 Å². The topological polar surface area (TPSA) is 106 Å². The van der Waals surface area contributed by atoms with Crippen molar-refractivity contribution in [2.24, 2.45) is 11.1 Å². The fourth-order valence-electron chi connectivity index (χ4n) is 2.89. The minimum atomic E-state index is -0.589. The number of nitrogens with one attached hydrogen (secondary N) is 2. The molecule has 7 nitrogen and oxygen atoms in total. The fraction of sp³-hybridized carbons (Fsp3) is 0.316. The number of hydrogen-bond acceptors (Lipinski definition) is 5. The van der Waals surface area contributed by atoms with Crippen molar-refractivity contribution in [3.63, 3.8) is 0 Å². The molecule has 2 heterocycles. The third kappa shape index (κ3) is 4.07. The molecule has 7 heteroatoms. The lowest BCUT2D eigenvalue weighted by atomic mass is 9.79. The summed E-state index contributed by atoms with van der Waals surface area (Å²) in [5.74, 6) is -0.338. The van der Waals surface area contributed by atoms with Gasteiger partial charge in [-0.2, -0.15) is 0 Å². The van der Waals surface area contributed by atoms with Crippen molar-refractivity contribution in [3.8, 4) is 0 Å². The number of carbonyl (C=O) groups excluding carboxylic acids is 2. The molecule has 2 amide bonds. The molecule has 2 aromatic rings. The molecule has 0 atom stereocenters. The summed E-state index contributed by atoms with van der Waals surface area (Å²) in [4.78, 5) is 28.8. The average Bonchev–Trinajstić information content (AvgIpc) is 2.69. The highest BCUT2D eigenvalue weighted by atomic mass is 16.5. The number of rotatable bonds is 5. The molecule has 0 aliphatic carbocycles. The number of anilines is 2. The number of aromatic nitrogens is 1. The van der Waals surface area contributed by atoms with Crippen LogP contribution in [0.2, 0.25) is 0 Å². The van der Waals surface area contributed by atoms with E-state index >= 15 is 0 Å². The van der Waals surface area contributed by atoms with E-state index in [1.807, 2.05) is 0 Å². The Morgan fingerprint density at radius 3 is 2.42 bits per heavy atom. The molecule has 1 saturated heterocycles. The molecule has 0 saturated carbocycles. The van der Waals surface area contributed by atoms with Gasteiger partial charge in [0.25, 0.3) is 5.91 Å². The van der Waals surface area contributed by atoms with E-state index in [4.69, 9.17) is 10.5 Å². The van der Waals surface area contributed by atoms with Gasteiger partial charge in [-0.05, 0) is 49.2 Å². The van der Waals surface area contributed by atoms with Crippen LogP contribution in [0.15, 0.2) is 48.8 Å². The van der Waals surface area contributed by atoms with E-state index in [0.717, 1.165) is 0 Å². The minimum Gasteiger partial charge on any atom is -0.381 e. The number of nitrogens with two attached hydrogens (primary N) is 1. The molecule has 1 aliphatic heterocycles. The van der Waals surface area contributed by atoms with Crippen molar-refractivity contribution in [2.45, 2.75) is 12.8 Å². The second-order valence-electron chi connectivity index (χ2n) is 6.32. The molecule has 26 heavy (non-hydrogen) atoms. The summed E-state index contributed by atoms with van der Waals surface area (Å²) in [7, 11) is 0. The second kappa shape index (κ2) is 8.07. The van der Waals surface area contributed by atoms with E-state index in [0.29, 0.717) is 43.0 Å². The molecule has 0 spiro atoms. The molecule has 0 unspecified atom stereocenters. The van der Waals surface area contributed by atoms with Crippen LogP contribution in [0.3, 0.4) is 0 Å². The van der Waals surface area contributed by atoms with Crippen LogP contribution in [0.4, 0.5) is 11.4 Å². The van der Waals surface area contributed by atoms with Gasteiger partial charge >= 0.3 is 0 Å². The SMILES string of the molecule is NCC1(C(=O)Nc2ccc(C(=O)Nc3cccnc3)cc2)CCOCC1. The standard InChI is InChI=1S/C19H22N4O3/c20-13-19(7-10-26-11-8-19)18(25)23-15-5-3-14(4-6-15)17(24)22-16-2-1-9-21-12-16/h1-6,9,12H,7-8,10-11,13,20H2,(H,22,24)(H,23,25). The molecule has 0 bridgehead atoms. The quantitative estimate of drug-likeness (QED) is 0.762. The van der Waals surface area contributed by atoms with Gasteiger partial charge in [-0.1, -0.05) is 0 Å². The molecular weight excluding hydrogens is 332 g/mol. The van der Waals surface area contributed by atoms with E-state index in [2.05, 4.69) is 15.6 Å². The Labute approximate surface area is 151 Å². The average molecular weight is 354 g/mol. The summed E-state index contributed by atoms with van der Waals surface area (Å²) >= 11 is 0. The molecule has 4 N–H and O–H groups in total. The number of ether oxygens (including phenoxy) is 1. The van der Waals surface area contributed by atoms with Crippen LogP contribution in [0, 0.1) is 5.41 Å². The highest BCUT2D eigenvalue weighted by Crippen LogP contribution is 2.31. The Morgan fingerprint density at radius 1 is 1.08 bits per heavy atom. The largest absolute Gasteiger partial charge is 0.381 e. The lowest BCUT2D eigenvalue weighted by Crippen LogP contribution is -2.46. The normalized spacial score (nSPS) is 15.9. The maximum absolute atomic E-state index is 12.6. The first-order chi connectivity index (χ1) is 12.6. The summed E-state index contributed by atoms with van der Waals surface area (Å²) in [6.45, 7) is 1.37. The Bertz CT molecular complexity index is 756. The van der Waals surface area contributed by atoms with Gasteiger partial charge in [-0.3, -0.25) is 14.6 Å². The second-order valence-corrected chi connectivity index (χ2v) is 6.32. The zero-order valence-electron chi connectivity index (χ0n) is 14.4. The molecule has 1 fully saturated rings. The molecule has 0 radical (unpaired) electrons. The maximum atomic E-state index is 12.6. The lowest BCUT2D eigenvalue weighted by Gasteiger charge is -2.34. The summed E-state index contributed by atoms with van der Waals surface area (Å²) in [5.41, 5.74) is 7.01.